The molecule has 0 aliphatic heterocycles. The predicted octanol–water partition coefficient (Wildman–Crippen LogP) is 2.36. The Balaban J connectivity index is 2.59. The van der Waals surface area contributed by atoms with Gasteiger partial charge in [0.2, 0.25) is 0 Å². The summed E-state index contributed by atoms with van der Waals surface area (Å²) in [6, 6.07) is 10.2. The lowest BCUT2D eigenvalue weighted by Crippen LogP contribution is -2.06. The number of aryl methyl sites for hydroxylation is 1. The third-order valence-electron chi connectivity index (χ3n) is 1.85. The normalized spacial score (nSPS) is 12.1. The van der Waals surface area contributed by atoms with Crippen molar-refractivity contribution in [1.82, 2.24) is 0 Å². The van der Waals surface area contributed by atoms with E-state index in [-0.39, 0.29) is 11.9 Å². The molecule has 0 saturated heterocycles. The minimum Gasteiger partial charge on any atom is -0.395 e. The van der Waals surface area contributed by atoms with Gasteiger partial charge in [-0.25, -0.2) is 0 Å². The van der Waals surface area contributed by atoms with Gasteiger partial charge in [0, 0.05) is 16.6 Å². The summed E-state index contributed by atoms with van der Waals surface area (Å²) in [5.41, 5.74) is 1.22. The summed E-state index contributed by atoms with van der Waals surface area (Å²) in [7, 11) is 0. The van der Waals surface area contributed by atoms with Gasteiger partial charge in [0.05, 0.1) is 12.7 Å². The smallest absolute Gasteiger partial charge is 0.0634 e. The van der Waals surface area contributed by atoms with Crippen molar-refractivity contribution in [2.75, 3.05) is 6.61 Å². The molecule has 0 heterocycles. The van der Waals surface area contributed by atoms with Gasteiger partial charge in [-0.2, -0.15) is 5.26 Å². The maximum Gasteiger partial charge on any atom is 0.0634 e. The van der Waals surface area contributed by atoms with Crippen LogP contribution in [-0.2, 0) is 0 Å². The number of nitrogens with zero attached hydrogens (tertiary/aromatic N) is 1. The van der Waals surface area contributed by atoms with E-state index >= 15 is 0 Å². The Morgan fingerprint density at radius 1 is 1.43 bits per heavy atom. The van der Waals surface area contributed by atoms with Crippen LogP contribution in [0.4, 0.5) is 0 Å². The first-order valence-electron chi connectivity index (χ1n) is 4.47. The molecule has 1 rings (SSSR count). The topological polar surface area (TPSA) is 44.0 Å². The molecule has 1 atom stereocenters. The van der Waals surface area contributed by atoms with Crippen molar-refractivity contribution >= 4 is 11.8 Å². The maximum absolute atomic E-state index is 9.00. The first-order chi connectivity index (χ1) is 6.76. The second-order valence-electron chi connectivity index (χ2n) is 3.10. The zero-order chi connectivity index (χ0) is 10.4. The molecule has 2 nitrogen and oxygen atoms in total. The summed E-state index contributed by atoms with van der Waals surface area (Å²) in [6.45, 7) is 2.08. The second kappa shape index (κ2) is 5.69. The number of aliphatic hydroxyl groups excluding tert-OH is 1. The number of thioether (sulfide) groups is 1. The average Bonchev–Trinajstić information content (AvgIpc) is 2.20. The highest BCUT2D eigenvalue weighted by Gasteiger charge is 2.08. The van der Waals surface area contributed by atoms with Crippen LogP contribution in [0.15, 0.2) is 29.2 Å². The van der Waals surface area contributed by atoms with Crippen molar-refractivity contribution in [1.29, 1.82) is 5.26 Å². The Bertz CT molecular complexity index is 315. The van der Waals surface area contributed by atoms with Gasteiger partial charge in [0.15, 0.2) is 0 Å². The van der Waals surface area contributed by atoms with Crippen LogP contribution in [0.5, 0.6) is 0 Å². The first-order valence-corrected chi connectivity index (χ1v) is 5.35. The zero-order valence-corrected chi connectivity index (χ0v) is 8.92. The lowest BCUT2D eigenvalue weighted by molar-refractivity contribution is 0.295. The lowest BCUT2D eigenvalue weighted by Gasteiger charge is -2.09. The average molecular weight is 207 g/mol. The summed E-state index contributed by atoms with van der Waals surface area (Å²) in [5, 5.41) is 17.5. The third-order valence-corrected chi connectivity index (χ3v) is 3.04. The van der Waals surface area contributed by atoms with Crippen molar-refractivity contribution in [3.8, 4) is 6.07 Å². The van der Waals surface area contributed by atoms with Gasteiger partial charge >= 0.3 is 0 Å². The van der Waals surface area contributed by atoms with E-state index in [4.69, 9.17) is 10.4 Å². The van der Waals surface area contributed by atoms with Crippen molar-refractivity contribution < 1.29 is 5.11 Å². The minimum atomic E-state index is -0.0114. The highest BCUT2D eigenvalue weighted by molar-refractivity contribution is 8.00. The summed E-state index contributed by atoms with van der Waals surface area (Å²) in [6.07, 6.45) is 0.384. The molecule has 1 aromatic rings. The Labute approximate surface area is 88.6 Å². The monoisotopic (exact) mass is 207 g/mol. The molecule has 74 valence electrons. The Morgan fingerprint density at radius 2 is 2.07 bits per heavy atom. The summed E-state index contributed by atoms with van der Waals surface area (Å²) in [4.78, 5) is 1.10. The molecule has 14 heavy (non-hydrogen) atoms. The van der Waals surface area contributed by atoms with E-state index in [0.717, 1.165) is 4.90 Å². The zero-order valence-electron chi connectivity index (χ0n) is 8.10. The number of benzene rings is 1. The van der Waals surface area contributed by atoms with Crippen LogP contribution in [0, 0.1) is 18.3 Å². The van der Waals surface area contributed by atoms with Crippen molar-refractivity contribution in [2.45, 2.75) is 23.5 Å². The van der Waals surface area contributed by atoms with E-state index in [0.29, 0.717) is 6.42 Å². The second-order valence-corrected chi connectivity index (χ2v) is 4.47. The summed E-state index contributed by atoms with van der Waals surface area (Å²) in [5.74, 6) is 0. The van der Waals surface area contributed by atoms with E-state index in [9.17, 15) is 0 Å². The van der Waals surface area contributed by atoms with Crippen LogP contribution in [0.3, 0.4) is 0 Å². The molecule has 0 saturated carbocycles. The van der Waals surface area contributed by atoms with E-state index in [2.05, 4.69) is 6.07 Å². The van der Waals surface area contributed by atoms with Crippen molar-refractivity contribution in [2.24, 2.45) is 0 Å². The van der Waals surface area contributed by atoms with Gasteiger partial charge < -0.3 is 5.11 Å². The molecular weight excluding hydrogens is 194 g/mol. The van der Waals surface area contributed by atoms with Crippen molar-refractivity contribution in [3.05, 3.63) is 29.8 Å². The van der Waals surface area contributed by atoms with Crippen LogP contribution < -0.4 is 0 Å². The molecule has 0 aliphatic carbocycles. The maximum atomic E-state index is 9.00. The Morgan fingerprint density at radius 3 is 2.57 bits per heavy atom. The van der Waals surface area contributed by atoms with E-state index in [1.807, 2.05) is 31.2 Å². The molecule has 0 aliphatic rings. The van der Waals surface area contributed by atoms with Crippen LogP contribution in [-0.4, -0.2) is 17.0 Å². The van der Waals surface area contributed by atoms with Crippen LogP contribution >= 0.6 is 11.8 Å². The molecule has 0 radical (unpaired) electrons. The Kier molecular flexibility index (Phi) is 4.51. The standard InChI is InChI=1S/C11H13NOS/c1-9-2-4-10(5-3-9)14-11(8-13)6-7-12/h2-5,11,13H,6,8H2,1H3. The number of nitriles is 1. The van der Waals surface area contributed by atoms with Crippen LogP contribution in [0.1, 0.15) is 12.0 Å². The molecule has 0 spiro atoms. The third kappa shape index (κ3) is 3.41. The van der Waals surface area contributed by atoms with E-state index in [1.165, 1.54) is 5.56 Å². The molecule has 1 unspecified atom stereocenters. The quantitative estimate of drug-likeness (QED) is 0.771. The van der Waals surface area contributed by atoms with E-state index < -0.39 is 0 Å². The first kappa shape index (κ1) is 11.1. The van der Waals surface area contributed by atoms with E-state index in [1.54, 1.807) is 11.8 Å². The fourth-order valence-corrected chi connectivity index (χ4v) is 1.97. The van der Waals surface area contributed by atoms with Gasteiger partial charge in [0.1, 0.15) is 0 Å². The highest BCUT2D eigenvalue weighted by atomic mass is 32.2. The van der Waals surface area contributed by atoms with Gasteiger partial charge in [-0.3, -0.25) is 0 Å². The largest absolute Gasteiger partial charge is 0.395 e. The highest BCUT2D eigenvalue weighted by Crippen LogP contribution is 2.24. The van der Waals surface area contributed by atoms with Gasteiger partial charge in [-0.1, -0.05) is 17.7 Å². The van der Waals surface area contributed by atoms with Crippen LogP contribution in [0.25, 0.3) is 0 Å². The molecular formula is C11H13NOS. The minimum absolute atomic E-state index is 0.0114. The molecule has 0 fully saturated rings. The molecule has 3 heteroatoms. The number of hydrogen-bond donors (Lipinski definition) is 1. The molecule has 0 aromatic heterocycles. The summed E-state index contributed by atoms with van der Waals surface area (Å²) < 4.78 is 0. The molecule has 0 bridgehead atoms. The fraction of sp³-hybridized carbons (Fsp3) is 0.364. The number of hydrogen-bond acceptors (Lipinski definition) is 3. The number of aliphatic hydroxyl groups is 1. The lowest BCUT2D eigenvalue weighted by atomic mass is 10.2. The Hall–Kier alpha value is -0.980. The summed E-state index contributed by atoms with van der Waals surface area (Å²) >= 11 is 1.55. The number of rotatable bonds is 4. The van der Waals surface area contributed by atoms with Crippen LogP contribution in [0.2, 0.25) is 0 Å². The fourth-order valence-electron chi connectivity index (χ4n) is 1.05. The van der Waals surface area contributed by atoms with Gasteiger partial charge in [-0.15, -0.1) is 11.8 Å². The van der Waals surface area contributed by atoms with Crippen molar-refractivity contribution in [3.63, 3.8) is 0 Å². The SMILES string of the molecule is Cc1ccc(SC(CO)CC#N)cc1. The molecule has 1 aromatic carbocycles. The molecule has 0 amide bonds. The van der Waals surface area contributed by atoms with Gasteiger partial charge in [-0.05, 0) is 19.1 Å². The van der Waals surface area contributed by atoms with Gasteiger partial charge in [0.25, 0.3) is 0 Å². The molecule has 1 N–H and O–H groups in total. The predicted molar refractivity (Wildman–Crippen MR) is 58.1 cm³/mol.